The van der Waals surface area contributed by atoms with Crippen LogP contribution in [0.5, 0.6) is 0 Å². The standard InChI is InChI=1S/C14H18N4OS2.ClH/c15-7-12-16-10(8-20-12)13(19)18-14-17-9-5-3-1-2-4-6-11(9)21-14;/h8H,1-7,15H2,(H,17,18,19);1H. The van der Waals surface area contributed by atoms with Crippen molar-refractivity contribution < 1.29 is 4.79 Å². The van der Waals surface area contributed by atoms with Crippen LogP contribution in [0.3, 0.4) is 0 Å². The number of hydrogen-bond acceptors (Lipinski definition) is 6. The fourth-order valence-electron chi connectivity index (χ4n) is 2.43. The van der Waals surface area contributed by atoms with Crippen LogP contribution < -0.4 is 11.1 Å². The van der Waals surface area contributed by atoms with Gasteiger partial charge in [-0.15, -0.1) is 35.1 Å². The summed E-state index contributed by atoms with van der Waals surface area (Å²) < 4.78 is 0. The van der Waals surface area contributed by atoms with Crippen LogP contribution in [-0.2, 0) is 19.4 Å². The van der Waals surface area contributed by atoms with Crippen LogP contribution in [0, 0.1) is 0 Å². The lowest BCUT2D eigenvalue weighted by Crippen LogP contribution is -2.12. The van der Waals surface area contributed by atoms with Crippen LogP contribution >= 0.6 is 35.1 Å². The molecule has 0 unspecified atom stereocenters. The highest BCUT2D eigenvalue weighted by Crippen LogP contribution is 2.28. The molecule has 2 aromatic heterocycles. The van der Waals surface area contributed by atoms with Gasteiger partial charge in [0.2, 0.25) is 0 Å². The first-order chi connectivity index (χ1) is 10.3. The van der Waals surface area contributed by atoms with Gasteiger partial charge in [0.1, 0.15) is 10.7 Å². The van der Waals surface area contributed by atoms with Crippen LogP contribution in [0.4, 0.5) is 5.13 Å². The largest absolute Gasteiger partial charge is 0.325 e. The Bertz CT molecular complexity index is 615. The van der Waals surface area contributed by atoms with E-state index in [0.717, 1.165) is 23.5 Å². The summed E-state index contributed by atoms with van der Waals surface area (Å²) in [4.78, 5) is 22.3. The number of aromatic nitrogens is 2. The fourth-order valence-corrected chi connectivity index (χ4v) is 4.13. The van der Waals surface area contributed by atoms with E-state index in [-0.39, 0.29) is 18.3 Å². The Labute approximate surface area is 143 Å². The molecule has 0 fully saturated rings. The van der Waals surface area contributed by atoms with E-state index in [9.17, 15) is 4.79 Å². The van der Waals surface area contributed by atoms with Crippen molar-refractivity contribution in [1.82, 2.24) is 9.97 Å². The lowest BCUT2D eigenvalue weighted by Gasteiger charge is -2.06. The Balaban J connectivity index is 0.00000176. The summed E-state index contributed by atoms with van der Waals surface area (Å²) in [5.41, 5.74) is 7.10. The third kappa shape index (κ3) is 4.04. The van der Waals surface area contributed by atoms with Gasteiger partial charge >= 0.3 is 0 Å². The predicted octanol–water partition coefficient (Wildman–Crippen LogP) is 3.39. The number of nitrogens with two attached hydrogens (primary N) is 1. The van der Waals surface area contributed by atoms with Crippen molar-refractivity contribution in [2.45, 2.75) is 45.1 Å². The van der Waals surface area contributed by atoms with E-state index in [4.69, 9.17) is 5.73 Å². The van der Waals surface area contributed by atoms with Crippen LogP contribution in [0.2, 0.25) is 0 Å². The molecule has 5 nitrogen and oxygen atoms in total. The first-order valence-corrected chi connectivity index (χ1v) is 8.90. The van der Waals surface area contributed by atoms with Gasteiger partial charge in [0.25, 0.3) is 5.91 Å². The number of anilines is 1. The lowest BCUT2D eigenvalue weighted by molar-refractivity contribution is 0.102. The Hall–Kier alpha value is -1.02. The van der Waals surface area contributed by atoms with Crippen molar-refractivity contribution in [2.75, 3.05) is 5.32 Å². The minimum atomic E-state index is -0.201. The molecule has 1 aliphatic rings. The first-order valence-electron chi connectivity index (χ1n) is 7.20. The zero-order chi connectivity index (χ0) is 14.7. The summed E-state index contributed by atoms with van der Waals surface area (Å²) in [5.74, 6) is -0.201. The van der Waals surface area contributed by atoms with Gasteiger partial charge < -0.3 is 5.73 Å². The maximum atomic E-state index is 12.2. The van der Waals surface area contributed by atoms with Gasteiger partial charge in [-0.25, -0.2) is 9.97 Å². The molecule has 0 bridgehead atoms. The summed E-state index contributed by atoms with van der Waals surface area (Å²) in [6.07, 6.45) is 7.08. The van der Waals surface area contributed by atoms with Gasteiger partial charge in [0, 0.05) is 16.8 Å². The molecular weight excluding hydrogens is 340 g/mol. The number of thiazole rings is 2. The lowest BCUT2D eigenvalue weighted by atomic mass is 10.0. The average molecular weight is 359 g/mol. The Kier molecular flexibility index (Phi) is 6.31. The molecule has 22 heavy (non-hydrogen) atoms. The topological polar surface area (TPSA) is 80.9 Å². The van der Waals surface area contributed by atoms with Gasteiger partial charge in [-0.05, 0) is 25.7 Å². The zero-order valence-corrected chi connectivity index (χ0v) is 14.6. The van der Waals surface area contributed by atoms with Gasteiger partial charge in [-0.2, -0.15) is 0 Å². The molecule has 0 atom stereocenters. The quantitative estimate of drug-likeness (QED) is 0.881. The van der Waals surface area contributed by atoms with Crippen LogP contribution in [0.25, 0.3) is 0 Å². The number of fused-ring (bicyclic) bond motifs is 1. The highest BCUT2D eigenvalue weighted by atomic mass is 35.5. The number of hydrogen-bond donors (Lipinski definition) is 2. The van der Waals surface area contributed by atoms with Crippen LogP contribution in [0.15, 0.2) is 5.38 Å². The average Bonchev–Trinajstić information content (AvgIpc) is 3.06. The summed E-state index contributed by atoms with van der Waals surface area (Å²) in [7, 11) is 0. The number of carbonyl (C=O) groups is 1. The molecule has 1 amide bonds. The minimum Gasteiger partial charge on any atom is -0.325 e. The third-order valence-electron chi connectivity index (χ3n) is 3.53. The Morgan fingerprint density at radius 2 is 2.00 bits per heavy atom. The van der Waals surface area contributed by atoms with Gasteiger partial charge in [-0.1, -0.05) is 12.8 Å². The molecule has 0 radical (unpaired) electrons. The van der Waals surface area contributed by atoms with Crippen molar-refractivity contribution in [3.8, 4) is 0 Å². The van der Waals surface area contributed by atoms with E-state index >= 15 is 0 Å². The number of nitrogens with one attached hydrogen (secondary N) is 1. The molecule has 0 spiro atoms. The van der Waals surface area contributed by atoms with Gasteiger partial charge in [0.15, 0.2) is 5.13 Å². The summed E-state index contributed by atoms with van der Waals surface area (Å²) >= 11 is 3.01. The van der Waals surface area contributed by atoms with E-state index in [0.29, 0.717) is 17.4 Å². The molecular formula is C14H19ClN4OS2. The number of carbonyl (C=O) groups excluding carboxylic acids is 1. The second-order valence-corrected chi connectivity index (χ2v) is 7.11. The van der Waals surface area contributed by atoms with E-state index in [1.54, 1.807) is 16.7 Å². The Morgan fingerprint density at radius 1 is 1.23 bits per heavy atom. The molecule has 2 heterocycles. The summed E-state index contributed by atoms with van der Waals surface area (Å²) in [6.45, 7) is 0.365. The number of aryl methyl sites for hydroxylation is 2. The molecule has 120 valence electrons. The fraction of sp³-hybridized carbons (Fsp3) is 0.500. The molecule has 1 aliphatic carbocycles. The molecule has 0 saturated carbocycles. The number of nitrogens with zero attached hydrogens (tertiary/aromatic N) is 2. The molecule has 3 N–H and O–H groups in total. The molecule has 0 saturated heterocycles. The van der Waals surface area contributed by atoms with Crippen LogP contribution in [-0.4, -0.2) is 15.9 Å². The molecule has 3 rings (SSSR count). The van der Waals surface area contributed by atoms with E-state index in [1.165, 1.54) is 41.9 Å². The molecule has 0 aromatic carbocycles. The SMILES string of the molecule is Cl.NCc1nc(C(=O)Nc2nc3c(s2)CCCCCC3)cs1. The van der Waals surface area contributed by atoms with E-state index in [1.807, 2.05) is 0 Å². The summed E-state index contributed by atoms with van der Waals surface area (Å²) in [6, 6.07) is 0. The highest BCUT2D eigenvalue weighted by Gasteiger charge is 2.16. The normalized spacial score (nSPS) is 14.4. The number of amides is 1. The van der Waals surface area contributed by atoms with E-state index in [2.05, 4.69) is 15.3 Å². The number of halogens is 1. The zero-order valence-electron chi connectivity index (χ0n) is 12.1. The van der Waals surface area contributed by atoms with Gasteiger partial charge in [0.05, 0.1) is 5.69 Å². The molecule has 2 aromatic rings. The first kappa shape index (κ1) is 17.3. The van der Waals surface area contributed by atoms with Gasteiger partial charge in [-0.3, -0.25) is 10.1 Å². The number of rotatable bonds is 3. The minimum absolute atomic E-state index is 0. The van der Waals surface area contributed by atoms with Crippen molar-refractivity contribution in [1.29, 1.82) is 0 Å². The second-order valence-electron chi connectivity index (χ2n) is 5.09. The van der Waals surface area contributed by atoms with Crippen molar-refractivity contribution in [3.63, 3.8) is 0 Å². The van der Waals surface area contributed by atoms with Crippen molar-refractivity contribution in [2.24, 2.45) is 5.73 Å². The van der Waals surface area contributed by atoms with Crippen molar-refractivity contribution >= 4 is 46.1 Å². The maximum Gasteiger partial charge on any atom is 0.276 e. The van der Waals surface area contributed by atoms with E-state index < -0.39 is 0 Å². The van der Waals surface area contributed by atoms with Crippen LogP contribution in [0.1, 0.15) is 51.8 Å². The predicted molar refractivity (Wildman–Crippen MR) is 93.2 cm³/mol. The smallest absolute Gasteiger partial charge is 0.276 e. The second kappa shape index (κ2) is 8.01. The maximum absolute atomic E-state index is 12.2. The molecule has 0 aliphatic heterocycles. The van der Waals surface area contributed by atoms with Crippen molar-refractivity contribution in [3.05, 3.63) is 26.7 Å². The third-order valence-corrected chi connectivity index (χ3v) is 5.47. The molecule has 8 heteroatoms. The highest BCUT2D eigenvalue weighted by molar-refractivity contribution is 7.16. The Morgan fingerprint density at radius 3 is 2.73 bits per heavy atom. The summed E-state index contributed by atoms with van der Waals surface area (Å²) in [5, 5.41) is 6.06. The monoisotopic (exact) mass is 358 g/mol.